The van der Waals surface area contributed by atoms with Gasteiger partial charge in [0.15, 0.2) is 5.82 Å². The second kappa shape index (κ2) is 6.41. The van der Waals surface area contributed by atoms with Crippen molar-refractivity contribution in [2.24, 2.45) is 5.73 Å². The van der Waals surface area contributed by atoms with Gasteiger partial charge in [-0.15, -0.1) is 0 Å². The van der Waals surface area contributed by atoms with Gasteiger partial charge in [0.25, 0.3) is 0 Å². The lowest BCUT2D eigenvalue weighted by Gasteiger charge is -2.09. The lowest BCUT2D eigenvalue weighted by atomic mass is 10.0. The monoisotopic (exact) mass is 289 g/mol. The van der Waals surface area contributed by atoms with Crippen molar-refractivity contribution >= 4 is 11.8 Å². The molecule has 2 unspecified atom stereocenters. The first-order valence-electron chi connectivity index (χ1n) is 7.07. The summed E-state index contributed by atoms with van der Waals surface area (Å²) >= 11 is 1.92. The molecule has 2 aromatic rings. The average molecular weight is 289 g/mol. The Morgan fingerprint density at radius 1 is 1.35 bits per heavy atom. The van der Waals surface area contributed by atoms with E-state index in [9.17, 15) is 0 Å². The summed E-state index contributed by atoms with van der Waals surface area (Å²) in [5.74, 6) is 2.77. The minimum absolute atomic E-state index is 0.0207. The molecule has 106 valence electrons. The molecule has 1 aliphatic rings. The molecule has 1 aromatic heterocycles. The van der Waals surface area contributed by atoms with Crippen LogP contribution < -0.4 is 5.73 Å². The number of hydrogen-bond donors (Lipinski definition) is 1. The van der Waals surface area contributed by atoms with Gasteiger partial charge in [-0.25, -0.2) is 0 Å². The molecule has 1 aliphatic heterocycles. The van der Waals surface area contributed by atoms with Crippen molar-refractivity contribution in [1.29, 1.82) is 0 Å². The van der Waals surface area contributed by atoms with E-state index in [2.05, 4.69) is 22.3 Å². The Bertz CT molecular complexity index is 537. The van der Waals surface area contributed by atoms with Crippen LogP contribution in [0.25, 0.3) is 0 Å². The Balaban J connectivity index is 1.56. The van der Waals surface area contributed by atoms with Gasteiger partial charge in [0.1, 0.15) is 0 Å². The average Bonchev–Trinajstić information content (AvgIpc) is 3.16. The van der Waals surface area contributed by atoms with Crippen LogP contribution in [0.2, 0.25) is 0 Å². The van der Waals surface area contributed by atoms with Gasteiger partial charge in [0.2, 0.25) is 5.89 Å². The third-order valence-corrected chi connectivity index (χ3v) is 4.97. The van der Waals surface area contributed by atoms with Gasteiger partial charge in [-0.1, -0.05) is 35.5 Å². The number of rotatable bonds is 5. The van der Waals surface area contributed by atoms with E-state index in [0.29, 0.717) is 11.1 Å². The highest BCUT2D eigenvalue weighted by Crippen LogP contribution is 2.38. The fraction of sp³-hybridized carbons (Fsp3) is 0.467. The number of nitrogens with zero attached hydrogens (tertiary/aromatic N) is 2. The molecular formula is C15H19N3OS. The summed E-state index contributed by atoms with van der Waals surface area (Å²) in [6.07, 6.45) is 3.97. The summed E-state index contributed by atoms with van der Waals surface area (Å²) < 4.78 is 5.33. The Labute approximate surface area is 123 Å². The molecule has 0 aliphatic carbocycles. The maximum Gasteiger partial charge on any atom is 0.226 e. The zero-order valence-corrected chi connectivity index (χ0v) is 12.2. The summed E-state index contributed by atoms with van der Waals surface area (Å²) in [7, 11) is 0. The Morgan fingerprint density at radius 2 is 2.20 bits per heavy atom. The Morgan fingerprint density at radius 3 is 2.95 bits per heavy atom. The van der Waals surface area contributed by atoms with Crippen molar-refractivity contribution in [1.82, 2.24) is 10.1 Å². The van der Waals surface area contributed by atoms with E-state index in [-0.39, 0.29) is 6.04 Å². The van der Waals surface area contributed by atoms with Gasteiger partial charge in [-0.3, -0.25) is 0 Å². The molecule has 1 saturated heterocycles. The first-order chi connectivity index (χ1) is 9.83. The molecule has 0 amide bonds. The van der Waals surface area contributed by atoms with E-state index < -0.39 is 0 Å². The number of aromatic nitrogens is 2. The number of thioether (sulfide) groups is 1. The first kappa shape index (κ1) is 13.6. The molecule has 2 atom stereocenters. The number of benzene rings is 1. The third kappa shape index (κ3) is 3.22. The minimum Gasteiger partial charge on any atom is -0.339 e. The van der Waals surface area contributed by atoms with Crippen LogP contribution in [0.15, 0.2) is 34.9 Å². The third-order valence-electron chi connectivity index (χ3n) is 3.60. The standard InChI is InChI=1S/C15H19N3OS/c16-12(11-5-2-1-3-6-11)8-9-14-17-15(18-19-14)13-7-4-10-20-13/h1-3,5-6,12-13H,4,7-10,16H2. The van der Waals surface area contributed by atoms with Crippen molar-refractivity contribution in [3.63, 3.8) is 0 Å². The first-order valence-corrected chi connectivity index (χ1v) is 8.12. The fourth-order valence-electron chi connectivity index (χ4n) is 2.43. The SMILES string of the molecule is NC(CCc1nc(C2CCCS2)no1)c1ccccc1. The van der Waals surface area contributed by atoms with Gasteiger partial charge in [-0.05, 0) is 30.6 Å². The molecule has 3 rings (SSSR count). The summed E-state index contributed by atoms with van der Waals surface area (Å²) in [5.41, 5.74) is 7.33. The quantitative estimate of drug-likeness (QED) is 0.915. The normalized spacial score (nSPS) is 20.1. The highest BCUT2D eigenvalue weighted by molar-refractivity contribution is 7.99. The highest BCUT2D eigenvalue weighted by Gasteiger charge is 2.23. The fourth-order valence-corrected chi connectivity index (χ4v) is 3.62. The maximum atomic E-state index is 6.18. The summed E-state index contributed by atoms with van der Waals surface area (Å²) in [6.45, 7) is 0. The van der Waals surface area contributed by atoms with E-state index in [1.807, 2.05) is 30.0 Å². The molecule has 2 heterocycles. The number of nitrogens with two attached hydrogens (primary N) is 1. The molecule has 1 fully saturated rings. The van der Waals surface area contributed by atoms with Crippen molar-refractivity contribution in [2.45, 2.75) is 37.0 Å². The van der Waals surface area contributed by atoms with Gasteiger partial charge < -0.3 is 10.3 Å². The minimum atomic E-state index is 0.0207. The largest absolute Gasteiger partial charge is 0.339 e. The van der Waals surface area contributed by atoms with Crippen molar-refractivity contribution < 1.29 is 4.52 Å². The zero-order valence-electron chi connectivity index (χ0n) is 11.4. The molecular weight excluding hydrogens is 270 g/mol. The summed E-state index contributed by atoms with van der Waals surface area (Å²) in [4.78, 5) is 4.50. The van der Waals surface area contributed by atoms with Crippen molar-refractivity contribution in [2.75, 3.05) is 5.75 Å². The van der Waals surface area contributed by atoms with Gasteiger partial charge >= 0.3 is 0 Å². The van der Waals surface area contributed by atoms with E-state index in [4.69, 9.17) is 10.3 Å². The van der Waals surface area contributed by atoms with Crippen LogP contribution in [-0.2, 0) is 6.42 Å². The van der Waals surface area contributed by atoms with Crippen LogP contribution >= 0.6 is 11.8 Å². The predicted molar refractivity (Wildman–Crippen MR) is 80.4 cm³/mol. The van der Waals surface area contributed by atoms with Gasteiger partial charge in [0, 0.05) is 12.5 Å². The van der Waals surface area contributed by atoms with E-state index >= 15 is 0 Å². The van der Waals surface area contributed by atoms with E-state index in [0.717, 1.165) is 30.7 Å². The van der Waals surface area contributed by atoms with Gasteiger partial charge in [0.05, 0.1) is 5.25 Å². The van der Waals surface area contributed by atoms with Crippen molar-refractivity contribution in [3.05, 3.63) is 47.6 Å². The molecule has 4 nitrogen and oxygen atoms in total. The lowest BCUT2D eigenvalue weighted by Crippen LogP contribution is -2.11. The molecule has 0 spiro atoms. The van der Waals surface area contributed by atoms with Crippen LogP contribution in [0, 0.1) is 0 Å². The Hall–Kier alpha value is -1.33. The number of aryl methyl sites for hydroxylation is 1. The molecule has 2 N–H and O–H groups in total. The van der Waals surface area contributed by atoms with E-state index in [1.54, 1.807) is 0 Å². The van der Waals surface area contributed by atoms with E-state index in [1.165, 1.54) is 12.2 Å². The second-order valence-electron chi connectivity index (χ2n) is 5.10. The Kier molecular flexibility index (Phi) is 4.38. The smallest absolute Gasteiger partial charge is 0.226 e. The van der Waals surface area contributed by atoms with Crippen LogP contribution in [0.4, 0.5) is 0 Å². The second-order valence-corrected chi connectivity index (χ2v) is 6.41. The molecule has 5 heteroatoms. The predicted octanol–water partition coefficient (Wildman–Crippen LogP) is 3.27. The van der Waals surface area contributed by atoms with Crippen LogP contribution in [0.3, 0.4) is 0 Å². The summed E-state index contributed by atoms with van der Waals surface area (Å²) in [6, 6.07) is 10.2. The van der Waals surface area contributed by atoms with Crippen LogP contribution in [0.1, 0.15) is 47.8 Å². The molecule has 0 radical (unpaired) electrons. The van der Waals surface area contributed by atoms with Crippen molar-refractivity contribution in [3.8, 4) is 0 Å². The van der Waals surface area contributed by atoms with Gasteiger partial charge in [-0.2, -0.15) is 16.7 Å². The van der Waals surface area contributed by atoms with Crippen LogP contribution in [0.5, 0.6) is 0 Å². The molecule has 0 bridgehead atoms. The molecule has 1 aromatic carbocycles. The molecule has 0 saturated carbocycles. The molecule has 20 heavy (non-hydrogen) atoms. The van der Waals surface area contributed by atoms with Crippen LogP contribution in [-0.4, -0.2) is 15.9 Å². The zero-order chi connectivity index (χ0) is 13.8. The number of hydrogen-bond acceptors (Lipinski definition) is 5. The topological polar surface area (TPSA) is 64.9 Å². The summed E-state index contributed by atoms with van der Waals surface area (Å²) in [5, 5.41) is 4.53. The maximum absolute atomic E-state index is 6.18. The lowest BCUT2D eigenvalue weighted by molar-refractivity contribution is 0.366. The highest BCUT2D eigenvalue weighted by atomic mass is 32.2.